The summed E-state index contributed by atoms with van der Waals surface area (Å²) in [6.45, 7) is 1.92. The fourth-order valence-corrected chi connectivity index (χ4v) is 11.7. The number of hydrogen-bond donors (Lipinski definition) is 5. The number of halogens is 4. The van der Waals surface area contributed by atoms with Gasteiger partial charge in [0.1, 0.15) is 30.7 Å². The largest absolute Gasteiger partial charge is 0.394 e. The van der Waals surface area contributed by atoms with Gasteiger partial charge in [-0.05, 0) is 41.6 Å². The van der Waals surface area contributed by atoms with Crippen molar-refractivity contribution in [3.05, 3.63) is 99.0 Å². The lowest BCUT2D eigenvalue weighted by molar-refractivity contribution is -0.118. The molecule has 19 nitrogen and oxygen atoms in total. The number of nitrogens with one attached hydrogen (secondary N) is 3. The van der Waals surface area contributed by atoms with Gasteiger partial charge in [-0.15, -0.1) is 0 Å². The van der Waals surface area contributed by atoms with Crippen LogP contribution >= 0.6 is 40.3 Å². The fourth-order valence-electron chi connectivity index (χ4n) is 6.77. The summed E-state index contributed by atoms with van der Waals surface area (Å²) < 4.78 is 59.5. The maximum absolute atomic E-state index is 16.4. The number of aliphatic hydroxyl groups is 2. The molecule has 4 aromatic heterocycles. The van der Waals surface area contributed by atoms with Crippen LogP contribution in [0.1, 0.15) is 42.2 Å². The zero-order valence-corrected chi connectivity index (χ0v) is 37.4. The normalized spacial score (nSPS) is 24.4. The molecule has 0 bridgehead atoms. The second-order valence-electron chi connectivity index (χ2n) is 14.8. The van der Waals surface area contributed by atoms with Crippen molar-refractivity contribution >= 4 is 98.0 Å². The molecule has 6 aromatic rings. The second kappa shape index (κ2) is 19.1. The average molecular weight is 982 g/mol. The van der Waals surface area contributed by atoms with Gasteiger partial charge in [-0.25, -0.2) is 28.7 Å². The molecule has 0 aliphatic carbocycles. The van der Waals surface area contributed by atoms with E-state index in [0.29, 0.717) is 16.1 Å². The van der Waals surface area contributed by atoms with E-state index in [1.54, 1.807) is 56.3 Å². The van der Waals surface area contributed by atoms with Crippen LogP contribution in [-0.4, -0.2) is 111 Å². The predicted molar refractivity (Wildman–Crippen MR) is 235 cm³/mol. The Kier molecular flexibility index (Phi) is 13.8. The molecule has 2 aromatic carbocycles. The number of ether oxygens (including phenoxy) is 2. The smallest absolute Gasteiger partial charge is 0.280 e. The van der Waals surface area contributed by atoms with E-state index >= 15 is 8.78 Å². The highest BCUT2D eigenvalue weighted by atomic mass is 35.5. The van der Waals surface area contributed by atoms with Gasteiger partial charge >= 0.3 is 0 Å². The van der Waals surface area contributed by atoms with Crippen molar-refractivity contribution in [2.45, 2.75) is 68.8 Å². The highest BCUT2D eigenvalue weighted by Gasteiger charge is 2.51. The third-order valence-corrected chi connectivity index (χ3v) is 15.9. The van der Waals surface area contributed by atoms with Crippen molar-refractivity contribution in [1.82, 2.24) is 39.0 Å². The summed E-state index contributed by atoms with van der Waals surface area (Å²) in [5.74, 6) is -1.49. The number of aromatic amines is 1. The highest BCUT2D eigenvalue weighted by Crippen LogP contribution is 2.65. The molecule has 26 heteroatoms. The Bertz CT molecular complexity index is 2810. The summed E-state index contributed by atoms with van der Waals surface area (Å²) in [6.07, 6.45) is -9.78. The standard InChI is InChI=1S/C38H37Cl2F2N10O9PS2/c1-17(2)33(55)49-38-48-32-27(35(57)50-38)46-16-52(32)37-29(24(41)22(11-53)59-37)61-62(63,64-13-19-8-9-20(39)10-21(19)40)58-12-23-28(54)25(42)36(60-23)51-15-45-26-30(43-14-44-31(26)51)47-34(56)18-6-4-3-5-7-18/h3-10,14-17,22-25,28-29,36-37,53-54H,11-13H2,1-2H3,(H,43,44,47,56)(H2,48,49,50,55,57)/t22-,23-,24-,25+,28-,29-,36-,37-,62?/m1/s1. The Labute approximate surface area is 380 Å². The van der Waals surface area contributed by atoms with Crippen LogP contribution in [0.2, 0.25) is 10.0 Å². The quantitative estimate of drug-likeness (QED) is 0.0799. The molecule has 1 unspecified atom stereocenters. The molecule has 0 radical (unpaired) electrons. The number of nitrogens with zero attached hydrogens (tertiary/aromatic N) is 7. The van der Waals surface area contributed by atoms with Crippen LogP contribution in [0, 0.1) is 5.92 Å². The SMILES string of the molecule is CC(C)C(=O)Nc1nc2c(ncn2[C@@H]2O[C@H](CO)[C@@H](F)[C@H]2OP(=S)(OC[C@H]2O[C@@H](n3cnc4c(NC(=O)c5ccccc5)ncnc43)[C@@H](F)[C@@H]2O)SCc2ccc(Cl)cc2Cl)c(=O)[nH]1. The van der Waals surface area contributed by atoms with Crippen molar-refractivity contribution in [1.29, 1.82) is 0 Å². The number of imidazole rings is 2. The van der Waals surface area contributed by atoms with Crippen LogP contribution in [0.15, 0.2) is 72.3 Å². The molecule has 9 atom stereocenters. The molecule has 6 heterocycles. The predicted octanol–water partition coefficient (Wildman–Crippen LogP) is 5.50. The summed E-state index contributed by atoms with van der Waals surface area (Å²) in [7, 11) is 0. The van der Waals surface area contributed by atoms with E-state index in [9.17, 15) is 24.6 Å². The van der Waals surface area contributed by atoms with Crippen molar-refractivity contribution < 1.29 is 47.1 Å². The van der Waals surface area contributed by atoms with Crippen molar-refractivity contribution in [2.24, 2.45) is 5.92 Å². The lowest BCUT2D eigenvalue weighted by atomic mass is 10.1. The molecule has 64 heavy (non-hydrogen) atoms. The number of aromatic nitrogens is 8. The number of aliphatic hydroxyl groups excluding tert-OH is 2. The molecular weight excluding hydrogens is 944 g/mol. The molecule has 338 valence electrons. The molecule has 2 amide bonds. The summed E-state index contributed by atoms with van der Waals surface area (Å²) in [5, 5.41) is 27.2. The Balaban J connectivity index is 1.06. The number of rotatable bonds is 15. The Hall–Kier alpha value is -4.52. The minimum atomic E-state index is -3.87. The first-order valence-electron chi connectivity index (χ1n) is 19.4. The van der Waals surface area contributed by atoms with Crippen molar-refractivity contribution in [3.8, 4) is 0 Å². The van der Waals surface area contributed by atoms with Gasteiger partial charge in [-0.2, -0.15) is 4.98 Å². The van der Waals surface area contributed by atoms with E-state index in [-0.39, 0.29) is 44.9 Å². The minimum Gasteiger partial charge on any atom is -0.394 e. The number of benzene rings is 2. The van der Waals surface area contributed by atoms with Gasteiger partial charge in [0.15, 0.2) is 52.9 Å². The van der Waals surface area contributed by atoms with Gasteiger partial charge < -0.3 is 34.1 Å². The third kappa shape index (κ3) is 9.43. The number of carbonyl (C=O) groups excluding carboxylic acids is 2. The van der Waals surface area contributed by atoms with Crippen molar-refractivity contribution in [3.63, 3.8) is 0 Å². The molecule has 2 aliphatic heterocycles. The highest BCUT2D eigenvalue weighted by molar-refractivity contribution is 8.67. The molecule has 2 fully saturated rings. The van der Waals surface area contributed by atoms with Crippen LogP contribution in [0.4, 0.5) is 20.5 Å². The van der Waals surface area contributed by atoms with Gasteiger partial charge in [0.25, 0.3) is 11.5 Å². The van der Waals surface area contributed by atoms with E-state index in [1.165, 1.54) is 21.5 Å². The summed E-state index contributed by atoms with van der Waals surface area (Å²) in [6, 6.07) is 13.1. The number of amides is 2. The zero-order chi connectivity index (χ0) is 45.4. The maximum Gasteiger partial charge on any atom is 0.280 e. The fraction of sp³-hybridized carbons (Fsp3) is 0.368. The van der Waals surface area contributed by atoms with Gasteiger partial charge in [-0.3, -0.25) is 33.8 Å². The number of anilines is 2. The second-order valence-corrected chi connectivity index (χ2v) is 21.9. The Morgan fingerprint density at radius 1 is 0.984 bits per heavy atom. The molecule has 2 saturated heterocycles. The van der Waals surface area contributed by atoms with Gasteiger partial charge in [0, 0.05) is 27.3 Å². The van der Waals surface area contributed by atoms with Gasteiger partial charge in [0.2, 0.25) is 17.5 Å². The van der Waals surface area contributed by atoms with Gasteiger partial charge in [0.05, 0.1) is 25.9 Å². The lowest BCUT2D eigenvalue weighted by Gasteiger charge is -2.29. The topological polar surface area (TPSA) is 243 Å². The number of alkyl halides is 2. The Morgan fingerprint density at radius 2 is 1.70 bits per heavy atom. The molecule has 0 spiro atoms. The first kappa shape index (κ1) is 46.0. The number of H-pyrrole nitrogens is 1. The van der Waals surface area contributed by atoms with E-state index in [4.69, 9.17) is 53.5 Å². The third-order valence-electron chi connectivity index (χ3n) is 10.2. The van der Waals surface area contributed by atoms with E-state index in [1.807, 2.05) is 0 Å². The monoisotopic (exact) mass is 980 g/mol. The lowest BCUT2D eigenvalue weighted by Crippen LogP contribution is -2.33. The average Bonchev–Trinajstić information content (AvgIpc) is 4.04. The minimum absolute atomic E-state index is 0.0437. The first-order chi connectivity index (χ1) is 30.6. The number of carbonyl (C=O) groups is 2. The van der Waals surface area contributed by atoms with E-state index in [0.717, 1.165) is 24.0 Å². The number of fused-ring (bicyclic) bond motifs is 2. The molecule has 5 N–H and O–H groups in total. The van der Waals surface area contributed by atoms with Crippen LogP contribution < -0.4 is 16.2 Å². The summed E-state index contributed by atoms with van der Waals surface area (Å²) in [5.41, 5.74) is -3.76. The van der Waals surface area contributed by atoms with Crippen LogP contribution in [0.3, 0.4) is 0 Å². The molecular formula is C38H37Cl2F2N10O9PS2. The van der Waals surface area contributed by atoms with Crippen LogP contribution in [-0.2, 0) is 40.9 Å². The van der Waals surface area contributed by atoms with Gasteiger partial charge in [-0.1, -0.05) is 72.7 Å². The van der Waals surface area contributed by atoms with Crippen LogP contribution in [0.25, 0.3) is 22.3 Å². The van der Waals surface area contributed by atoms with Crippen LogP contribution in [0.5, 0.6) is 0 Å². The first-order valence-corrected chi connectivity index (χ1v) is 24.3. The number of hydrogen-bond acceptors (Lipinski definition) is 16. The molecule has 0 saturated carbocycles. The molecule has 8 rings (SSSR count). The molecule has 2 aliphatic rings. The maximum atomic E-state index is 16.4. The summed E-state index contributed by atoms with van der Waals surface area (Å²) >= 11 is 19.6. The van der Waals surface area contributed by atoms with Crippen molar-refractivity contribution in [2.75, 3.05) is 23.8 Å². The zero-order valence-electron chi connectivity index (χ0n) is 33.3. The Morgan fingerprint density at radius 3 is 2.42 bits per heavy atom. The van der Waals surface area contributed by atoms with E-state index < -0.39 is 91.4 Å². The summed E-state index contributed by atoms with van der Waals surface area (Å²) in [4.78, 5) is 62.0. The van der Waals surface area contributed by atoms with E-state index in [2.05, 4.69) is 40.5 Å².